The molecule has 1 aliphatic heterocycles. The van der Waals surface area contributed by atoms with Gasteiger partial charge in [0, 0.05) is 18.8 Å². The molecule has 0 saturated carbocycles. The van der Waals surface area contributed by atoms with E-state index in [0.717, 1.165) is 17.7 Å². The fraction of sp³-hybridized carbons (Fsp3) is 0.333. The first-order valence-corrected chi connectivity index (χ1v) is 9.24. The first-order chi connectivity index (χ1) is 13.1. The fourth-order valence-electron chi connectivity index (χ4n) is 3.17. The summed E-state index contributed by atoms with van der Waals surface area (Å²) in [5.74, 6) is 0.368. The van der Waals surface area contributed by atoms with Gasteiger partial charge in [0.15, 0.2) is 5.96 Å². The molecule has 2 N–H and O–H groups in total. The van der Waals surface area contributed by atoms with Crippen LogP contribution in [0, 0.1) is 12.7 Å². The number of hydrogen-bond donors (Lipinski definition) is 2. The Labute approximate surface area is 159 Å². The third-order valence-electron chi connectivity index (χ3n) is 4.58. The van der Waals surface area contributed by atoms with Crippen molar-refractivity contribution in [3.05, 3.63) is 65.0 Å². The minimum Gasteiger partial charge on any atom is -0.357 e. The number of aliphatic imine (C=N–C) groups is 1. The second-order valence-corrected chi connectivity index (χ2v) is 6.56. The quantitative estimate of drug-likeness (QED) is 0.630. The Kier molecular flexibility index (Phi) is 6.06. The van der Waals surface area contributed by atoms with Gasteiger partial charge in [-0.2, -0.15) is 0 Å². The molecule has 0 atom stereocenters. The second kappa shape index (κ2) is 8.66. The van der Waals surface area contributed by atoms with Crippen LogP contribution in [0.2, 0.25) is 0 Å². The smallest absolute Gasteiger partial charge is 0.246 e. The lowest BCUT2D eigenvalue weighted by molar-refractivity contribution is -0.117. The molecule has 1 heterocycles. The lowest BCUT2D eigenvalue weighted by Crippen LogP contribution is -2.44. The number of nitrogens with zero attached hydrogens (tertiary/aromatic N) is 2. The maximum atomic E-state index is 13.4. The van der Waals surface area contributed by atoms with Crippen molar-refractivity contribution in [2.75, 3.05) is 24.5 Å². The van der Waals surface area contributed by atoms with Gasteiger partial charge in [-0.15, -0.1) is 0 Å². The molecule has 0 saturated heterocycles. The van der Waals surface area contributed by atoms with E-state index in [2.05, 4.69) is 21.7 Å². The first kappa shape index (κ1) is 18.9. The van der Waals surface area contributed by atoms with E-state index >= 15 is 0 Å². The van der Waals surface area contributed by atoms with Crippen LogP contribution in [0.15, 0.2) is 47.5 Å². The molecule has 0 aromatic heterocycles. The van der Waals surface area contributed by atoms with E-state index in [4.69, 9.17) is 0 Å². The molecular formula is C21H25FN4O. The van der Waals surface area contributed by atoms with Gasteiger partial charge >= 0.3 is 0 Å². The van der Waals surface area contributed by atoms with E-state index in [1.807, 2.05) is 30.0 Å². The number of anilines is 1. The summed E-state index contributed by atoms with van der Waals surface area (Å²) in [6.07, 6.45) is 0.889. The summed E-state index contributed by atoms with van der Waals surface area (Å²) in [6, 6.07) is 13.0. The highest BCUT2D eigenvalue weighted by Gasteiger charge is 2.23. The molecule has 0 unspecified atom stereocenters. The van der Waals surface area contributed by atoms with Gasteiger partial charge < -0.3 is 15.5 Å². The van der Waals surface area contributed by atoms with Crippen LogP contribution in [0.4, 0.5) is 10.1 Å². The zero-order valence-electron chi connectivity index (χ0n) is 15.8. The number of para-hydroxylation sites is 1. The Balaban J connectivity index is 1.61. The van der Waals surface area contributed by atoms with Crippen LogP contribution in [-0.2, 0) is 17.8 Å². The molecule has 0 radical (unpaired) electrons. The number of carbonyl (C=O) groups is 1. The van der Waals surface area contributed by atoms with Crippen molar-refractivity contribution >= 4 is 17.6 Å². The van der Waals surface area contributed by atoms with Crippen molar-refractivity contribution in [3.8, 4) is 0 Å². The molecule has 1 amide bonds. The number of carbonyl (C=O) groups excluding carboxylic acids is 1. The Morgan fingerprint density at radius 2 is 2.04 bits per heavy atom. The second-order valence-electron chi connectivity index (χ2n) is 6.56. The van der Waals surface area contributed by atoms with Crippen LogP contribution in [0.1, 0.15) is 23.6 Å². The Bertz CT molecular complexity index is 850. The SMILES string of the molecule is CCNC(=NCc1ccc(F)c(C)c1)NCC(=O)N1CCc2ccccc21. The number of benzene rings is 2. The molecule has 2 aromatic rings. The zero-order chi connectivity index (χ0) is 19.2. The van der Waals surface area contributed by atoms with Gasteiger partial charge in [-0.05, 0) is 49.1 Å². The third-order valence-corrected chi connectivity index (χ3v) is 4.58. The van der Waals surface area contributed by atoms with Crippen molar-refractivity contribution in [3.63, 3.8) is 0 Å². The molecule has 0 aliphatic carbocycles. The third kappa shape index (κ3) is 4.64. The van der Waals surface area contributed by atoms with Gasteiger partial charge in [0.05, 0.1) is 13.1 Å². The van der Waals surface area contributed by atoms with E-state index < -0.39 is 0 Å². The van der Waals surface area contributed by atoms with Crippen molar-refractivity contribution in [2.24, 2.45) is 4.99 Å². The summed E-state index contributed by atoms with van der Waals surface area (Å²) in [4.78, 5) is 18.9. The molecule has 5 nitrogen and oxygen atoms in total. The van der Waals surface area contributed by atoms with Gasteiger partial charge in [-0.3, -0.25) is 4.79 Å². The normalized spacial score (nSPS) is 13.4. The van der Waals surface area contributed by atoms with Crippen LogP contribution in [-0.4, -0.2) is 31.5 Å². The highest BCUT2D eigenvalue weighted by atomic mass is 19.1. The lowest BCUT2D eigenvalue weighted by Gasteiger charge is -2.18. The molecule has 2 aromatic carbocycles. The largest absolute Gasteiger partial charge is 0.357 e. The average Bonchev–Trinajstić information content (AvgIpc) is 3.10. The van der Waals surface area contributed by atoms with Crippen LogP contribution in [0.5, 0.6) is 0 Å². The highest BCUT2D eigenvalue weighted by Crippen LogP contribution is 2.27. The molecule has 3 rings (SSSR count). The van der Waals surface area contributed by atoms with E-state index in [1.165, 1.54) is 11.6 Å². The molecule has 0 bridgehead atoms. The summed E-state index contributed by atoms with van der Waals surface area (Å²) >= 11 is 0. The summed E-state index contributed by atoms with van der Waals surface area (Å²) in [5.41, 5.74) is 3.72. The Morgan fingerprint density at radius 1 is 1.22 bits per heavy atom. The summed E-state index contributed by atoms with van der Waals surface area (Å²) in [7, 11) is 0. The number of nitrogens with one attached hydrogen (secondary N) is 2. The maximum absolute atomic E-state index is 13.4. The number of hydrogen-bond acceptors (Lipinski definition) is 2. The Hall–Kier alpha value is -2.89. The predicted molar refractivity (Wildman–Crippen MR) is 106 cm³/mol. The Morgan fingerprint density at radius 3 is 2.81 bits per heavy atom. The number of halogens is 1. The first-order valence-electron chi connectivity index (χ1n) is 9.24. The predicted octanol–water partition coefficient (Wildman–Crippen LogP) is 2.78. The van der Waals surface area contributed by atoms with Gasteiger partial charge in [-0.25, -0.2) is 9.38 Å². The average molecular weight is 368 g/mol. The summed E-state index contributed by atoms with van der Waals surface area (Å²) in [5, 5.41) is 6.24. The van der Waals surface area contributed by atoms with E-state index in [9.17, 15) is 9.18 Å². The monoisotopic (exact) mass is 368 g/mol. The van der Waals surface area contributed by atoms with Gasteiger partial charge in [0.1, 0.15) is 5.82 Å². The molecule has 142 valence electrons. The van der Waals surface area contributed by atoms with Crippen LogP contribution in [0.25, 0.3) is 0 Å². The lowest BCUT2D eigenvalue weighted by atomic mass is 10.1. The fourth-order valence-corrected chi connectivity index (χ4v) is 3.17. The van der Waals surface area contributed by atoms with Gasteiger partial charge in [0.25, 0.3) is 0 Å². The van der Waals surface area contributed by atoms with Crippen molar-refractivity contribution in [1.29, 1.82) is 0 Å². The standard InChI is InChI=1S/C21H25FN4O/c1-3-23-21(24-13-16-8-9-18(22)15(2)12-16)25-14-20(27)26-11-10-17-6-4-5-7-19(17)26/h4-9,12H,3,10-11,13-14H2,1-2H3,(H2,23,24,25). The van der Waals surface area contributed by atoms with E-state index in [1.54, 1.807) is 19.1 Å². The van der Waals surface area contributed by atoms with Crippen molar-refractivity contribution in [2.45, 2.75) is 26.8 Å². The van der Waals surface area contributed by atoms with Crippen molar-refractivity contribution < 1.29 is 9.18 Å². The molecule has 0 spiro atoms. The van der Waals surface area contributed by atoms with Crippen LogP contribution in [0.3, 0.4) is 0 Å². The molecule has 27 heavy (non-hydrogen) atoms. The number of aryl methyl sites for hydroxylation is 1. The van der Waals surface area contributed by atoms with Crippen LogP contribution < -0.4 is 15.5 Å². The van der Waals surface area contributed by atoms with Gasteiger partial charge in [0.2, 0.25) is 5.91 Å². The summed E-state index contributed by atoms with van der Waals surface area (Å²) < 4.78 is 13.4. The van der Waals surface area contributed by atoms with E-state index in [0.29, 0.717) is 31.2 Å². The topological polar surface area (TPSA) is 56.7 Å². The summed E-state index contributed by atoms with van der Waals surface area (Å²) in [6.45, 7) is 5.69. The molecule has 1 aliphatic rings. The number of amides is 1. The van der Waals surface area contributed by atoms with Crippen LogP contribution >= 0.6 is 0 Å². The molecule has 0 fully saturated rings. The van der Waals surface area contributed by atoms with Crippen molar-refractivity contribution in [1.82, 2.24) is 10.6 Å². The minimum atomic E-state index is -0.218. The van der Waals surface area contributed by atoms with Gasteiger partial charge in [-0.1, -0.05) is 30.3 Å². The molecular weight excluding hydrogens is 343 g/mol. The highest BCUT2D eigenvalue weighted by molar-refractivity contribution is 5.98. The zero-order valence-corrected chi connectivity index (χ0v) is 15.8. The number of rotatable bonds is 5. The number of guanidine groups is 1. The minimum absolute atomic E-state index is 0.0168. The van der Waals surface area contributed by atoms with E-state index in [-0.39, 0.29) is 18.3 Å². The number of fused-ring (bicyclic) bond motifs is 1. The maximum Gasteiger partial charge on any atom is 0.246 e. The molecule has 6 heteroatoms.